The van der Waals surface area contributed by atoms with Crippen molar-refractivity contribution >= 4 is 11.0 Å². The van der Waals surface area contributed by atoms with Crippen molar-refractivity contribution in [1.29, 1.82) is 0 Å². The van der Waals surface area contributed by atoms with Gasteiger partial charge >= 0.3 is 0 Å². The number of allylic oxidation sites excluding steroid dienone is 2. The van der Waals surface area contributed by atoms with Gasteiger partial charge in [-0.15, -0.1) is 0 Å². The summed E-state index contributed by atoms with van der Waals surface area (Å²) >= 11 is 0. The highest BCUT2D eigenvalue weighted by atomic mass is 16.5. The molecular weight excluding hydrogens is 468 g/mol. The van der Waals surface area contributed by atoms with Crippen LogP contribution < -0.4 is 14.9 Å². The highest BCUT2D eigenvalue weighted by Crippen LogP contribution is 2.44. The van der Waals surface area contributed by atoms with Crippen molar-refractivity contribution in [3.63, 3.8) is 0 Å². The van der Waals surface area contributed by atoms with Crippen LogP contribution in [0.5, 0.6) is 28.7 Å². The number of phenols is 3. The summed E-state index contributed by atoms with van der Waals surface area (Å²) in [5.41, 5.74) is -0.0308. The third-order valence-electron chi connectivity index (χ3n) is 5.95. The number of methoxy groups -OCH3 is 2. The van der Waals surface area contributed by atoms with Crippen LogP contribution in [0.25, 0.3) is 22.3 Å². The first-order chi connectivity index (χ1) is 16.8. The van der Waals surface area contributed by atoms with E-state index in [2.05, 4.69) is 0 Å². The molecule has 0 aliphatic carbocycles. The lowest BCUT2D eigenvalue weighted by molar-refractivity contribution is -0.0471. The fourth-order valence-corrected chi connectivity index (χ4v) is 3.84. The van der Waals surface area contributed by atoms with E-state index < -0.39 is 28.6 Å². The molecule has 1 heterocycles. The van der Waals surface area contributed by atoms with Gasteiger partial charge in [0.1, 0.15) is 16.7 Å². The summed E-state index contributed by atoms with van der Waals surface area (Å²) < 4.78 is 16.3. The molecule has 0 aliphatic heterocycles. The second-order valence-electron chi connectivity index (χ2n) is 9.45. The molecule has 0 bridgehead atoms. The number of hydrogen-bond acceptors (Lipinski definition) is 9. The zero-order valence-electron chi connectivity index (χ0n) is 21.2. The molecule has 0 saturated heterocycles. The average Bonchev–Trinajstić information content (AvgIpc) is 2.78. The molecule has 3 rings (SSSR count). The van der Waals surface area contributed by atoms with E-state index in [4.69, 9.17) is 13.9 Å². The molecule has 0 radical (unpaired) electrons. The number of aromatic hydroxyl groups is 3. The van der Waals surface area contributed by atoms with Gasteiger partial charge in [-0.25, -0.2) is 0 Å². The minimum atomic E-state index is -1.43. The summed E-state index contributed by atoms with van der Waals surface area (Å²) in [5.74, 6) is -1.56. The number of hydrogen-bond donors (Lipinski definition) is 5. The van der Waals surface area contributed by atoms with Crippen molar-refractivity contribution < 1.29 is 39.4 Å². The average molecular weight is 501 g/mol. The molecule has 1 atom stereocenters. The molecule has 36 heavy (non-hydrogen) atoms. The summed E-state index contributed by atoms with van der Waals surface area (Å²) in [4.78, 5) is 13.3. The Morgan fingerprint density at radius 1 is 1.03 bits per heavy atom. The largest absolute Gasteiger partial charge is 0.507 e. The van der Waals surface area contributed by atoms with Crippen molar-refractivity contribution in [2.24, 2.45) is 0 Å². The van der Waals surface area contributed by atoms with E-state index in [9.17, 15) is 30.3 Å². The highest BCUT2D eigenvalue weighted by molar-refractivity contribution is 5.91. The zero-order valence-corrected chi connectivity index (χ0v) is 21.2. The van der Waals surface area contributed by atoms with Crippen LogP contribution in [0, 0.1) is 0 Å². The van der Waals surface area contributed by atoms with Gasteiger partial charge in [-0.3, -0.25) is 4.79 Å². The first-order valence-corrected chi connectivity index (χ1v) is 11.3. The summed E-state index contributed by atoms with van der Waals surface area (Å²) in [5, 5.41) is 52.2. The number of phenolic OH excluding ortho intramolecular Hbond substituents is 3. The van der Waals surface area contributed by atoms with E-state index >= 15 is 0 Å². The molecule has 0 amide bonds. The maximum atomic E-state index is 13.3. The lowest BCUT2D eigenvalue weighted by Gasteiger charge is -2.25. The van der Waals surface area contributed by atoms with Crippen LogP contribution in [0.4, 0.5) is 0 Å². The molecule has 0 spiro atoms. The Labute approximate surface area is 208 Å². The molecular formula is C27H32O9. The van der Waals surface area contributed by atoms with Gasteiger partial charge in [0.05, 0.1) is 25.9 Å². The summed E-state index contributed by atoms with van der Waals surface area (Å²) in [6.45, 7) is 6.75. The Hall–Kier alpha value is -3.69. The lowest BCUT2D eigenvalue weighted by Crippen LogP contribution is -2.37. The highest BCUT2D eigenvalue weighted by Gasteiger charge is 2.28. The summed E-state index contributed by atoms with van der Waals surface area (Å²) in [6, 6.07) is 4.32. The Kier molecular flexibility index (Phi) is 7.56. The SMILES string of the molecule is COc1c(O)cc2oc(-c3cc(CC=C(C)C)c(O)c(C[C@H](O)C(C)(C)O)c3)c(OC)c(=O)c2c1O. The van der Waals surface area contributed by atoms with E-state index in [0.29, 0.717) is 23.1 Å². The molecule has 0 fully saturated rings. The molecule has 9 nitrogen and oxygen atoms in total. The van der Waals surface area contributed by atoms with E-state index in [-0.39, 0.29) is 40.4 Å². The maximum Gasteiger partial charge on any atom is 0.239 e. The predicted molar refractivity (Wildman–Crippen MR) is 135 cm³/mol. The predicted octanol–water partition coefficient (Wildman–Crippen LogP) is 3.78. The van der Waals surface area contributed by atoms with Crippen LogP contribution in [0.3, 0.4) is 0 Å². The van der Waals surface area contributed by atoms with E-state index in [1.165, 1.54) is 34.1 Å². The fourth-order valence-electron chi connectivity index (χ4n) is 3.84. The van der Waals surface area contributed by atoms with Crippen LogP contribution in [-0.2, 0) is 12.8 Å². The summed E-state index contributed by atoms with van der Waals surface area (Å²) in [7, 11) is 2.52. The molecule has 194 valence electrons. The Bertz CT molecular complexity index is 1370. The smallest absolute Gasteiger partial charge is 0.239 e. The summed E-state index contributed by atoms with van der Waals surface area (Å²) in [6.07, 6.45) is 0.989. The number of ether oxygens (including phenoxy) is 2. The van der Waals surface area contributed by atoms with Gasteiger partial charge in [0.2, 0.25) is 16.9 Å². The van der Waals surface area contributed by atoms with Crippen molar-refractivity contribution in [3.05, 3.63) is 51.2 Å². The first kappa shape index (κ1) is 26.9. The van der Waals surface area contributed by atoms with Crippen molar-refractivity contribution in [1.82, 2.24) is 0 Å². The third kappa shape index (κ3) is 5.12. The molecule has 3 aromatic rings. The van der Waals surface area contributed by atoms with E-state index in [0.717, 1.165) is 11.6 Å². The van der Waals surface area contributed by atoms with Crippen molar-refractivity contribution in [2.75, 3.05) is 14.2 Å². The fraction of sp³-hybridized carbons (Fsp3) is 0.370. The Morgan fingerprint density at radius 2 is 1.64 bits per heavy atom. The molecule has 9 heteroatoms. The second kappa shape index (κ2) is 10.1. The molecule has 0 aliphatic rings. The molecule has 5 N–H and O–H groups in total. The molecule has 0 unspecified atom stereocenters. The number of fused-ring (bicyclic) bond motifs is 1. The molecule has 2 aromatic carbocycles. The maximum absolute atomic E-state index is 13.3. The number of aliphatic hydroxyl groups excluding tert-OH is 1. The van der Waals surface area contributed by atoms with E-state index in [1.807, 2.05) is 19.9 Å². The number of benzene rings is 2. The quantitative estimate of drug-likeness (QED) is 0.291. The van der Waals surface area contributed by atoms with Crippen LogP contribution in [0.2, 0.25) is 0 Å². The lowest BCUT2D eigenvalue weighted by atomic mass is 9.91. The van der Waals surface area contributed by atoms with Gasteiger partial charge in [-0.05, 0) is 57.4 Å². The second-order valence-corrected chi connectivity index (χ2v) is 9.45. The normalized spacial score (nSPS) is 12.4. The monoisotopic (exact) mass is 500 g/mol. The van der Waals surface area contributed by atoms with Gasteiger partial charge in [0.15, 0.2) is 17.3 Å². The van der Waals surface area contributed by atoms with Crippen molar-refractivity contribution in [2.45, 2.75) is 52.2 Å². The zero-order chi connectivity index (χ0) is 26.9. The molecule has 1 aromatic heterocycles. The minimum absolute atomic E-state index is 0.00332. The topological polar surface area (TPSA) is 150 Å². The van der Waals surface area contributed by atoms with Gasteiger partial charge in [0, 0.05) is 18.1 Å². The van der Waals surface area contributed by atoms with Gasteiger partial charge in [-0.2, -0.15) is 0 Å². The number of rotatable bonds is 8. The van der Waals surface area contributed by atoms with Gasteiger partial charge in [-0.1, -0.05) is 11.6 Å². The van der Waals surface area contributed by atoms with Gasteiger partial charge < -0.3 is 39.4 Å². The van der Waals surface area contributed by atoms with Crippen molar-refractivity contribution in [3.8, 4) is 40.1 Å². The third-order valence-corrected chi connectivity index (χ3v) is 5.95. The first-order valence-electron chi connectivity index (χ1n) is 11.3. The number of aliphatic hydroxyl groups is 2. The Balaban J connectivity index is 2.34. The van der Waals surface area contributed by atoms with Crippen LogP contribution in [0.15, 0.2) is 39.1 Å². The molecule has 0 saturated carbocycles. The van der Waals surface area contributed by atoms with E-state index in [1.54, 1.807) is 6.07 Å². The van der Waals surface area contributed by atoms with Crippen LogP contribution >= 0.6 is 0 Å². The van der Waals surface area contributed by atoms with Gasteiger partial charge in [0.25, 0.3) is 0 Å². The Morgan fingerprint density at radius 3 is 2.19 bits per heavy atom. The van der Waals surface area contributed by atoms with Crippen LogP contribution in [0.1, 0.15) is 38.8 Å². The standard InChI is InChI=1S/C27H32O9/c1-13(2)7-8-14-9-16(10-15(21(14)30)11-19(29)27(3,4)33)24-26(35-6)23(32)20-18(36-24)12-17(28)25(34-5)22(20)31/h7,9-10,12,19,28-31,33H,8,11H2,1-6H3/t19-/m0/s1. The minimum Gasteiger partial charge on any atom is -0.507 e. The van der Waals surface area contributed by atoms with Crippen LogP contribution in [-0.4, -0.2) is 51.5 Å².